The topological polar surface area (TPSA) is 79.8 Å². The van der Waals surface area contributed by atoms with Gasteiger partial charge in [-0.1, -0.05) is 24.8 Å². The lowest BCUT2D eigenvalue weighted by atomic mass is 10.1. The van der Waals surface area contributed by atoms with Crippen LogP contribution in [0.5, 0.6) is 5.75 Å². The summed E-state index contributed by atoms with van der Waals surface area (Å²) in [6.07, 6.45) is 4.58. The van der Waals surface area contributed by atoms with E-state index in [0.29, 0.717) is 37.3 Å². The van der Waals surface area contributed by atoms with E-state index in [2.05, 4.69) is 22.4 Å². The summed E-state index contributed by atoms with van der Waals surface area (Å²) in [4.78, 5) is 23.5. The molecule has 0 aromatic heterocycles. The zero-order valence-electron chi connectivity index (χ0n) is 12.2. The second kappa shape index (κ2) is 7.97. The molecule has 1 aromatic rings. The highest BCUT2D eigenvalue weighted by molar-refractivity contribution is 5.97. The summed E-state index contributed by atoms with van der Waals surface area (Å²) >= 11 is 0. The molecule has 0 saturated carbocycles. The van der Waals surface area contributed by atoms with Gasteiger partial charge in [-0.2, -0.15) is 5.10 Å². The van der Waals surface area contributed by atoms with Gasteiger partial charge in [-0.3, -0.25) is 9.59 Å². The molecule has 6 heteroatoms. The largest absolute Gasteiger partial charge is 0.489 e. The molecule has 0 radical (unpaired) electrons. The molecule has 1 aliphatic rings. The van der Waals surface area contributed by atoms with Crippen LogP contribution in [-0.2, 0) is 4.79 Å². The number of hydrogen-bond donors (Lipinski definition) is 2. The minimum Gasteiger partial charge on any atom is -0.489 e. The summed E-state index contributed by atoms with van der Waals surface area (Å²) in [5.74, 6) is 0.0565. The lowest BCUT2D eigenvalue weighted by molar-refractivity contribution is -0.122. The first-order valence-electron chi connectivity index (χ1n) is 7.16. The summed E-state index contributed by atoms with van der Waals surface area (Å²) in [5, 5.41) is 6.54. The summed E-state index contributed by atoms with van der Waals surface area (Å²) in [5.41, 5.74) is 2.88. The predicted octanol–water partition coefficient (Wildman–Crippen LogP) is 1.49. The maximum absolute atomic E-state index is 12.2. The minimum atomic E-state index is -0.194. The third-order valence-electron chi connectivity index (χ3n) is 3.23. The van der Waals surface area contributed by atoms with Gasteiger partial charge in [0.05, 0.1) is 11.5 Å². The number of nitrogens with one attached hydrogen (secondary N) is 2. The van der Waals surface area contributed by atoms with Gasteiger partial charge in [0.25, 0.3) is 5.91 Å². The van der Waals surface area contributed by atoms with E-state index in [0.717, 1.165) is 0 Å². The molecule has 0 aliphatic carbocycles. The highest BCUT2D eigenvalue weighted by Gasteiger charge is 2.20. The fourth-order valence-electron chi connectivity index (χ4n) is 2.10. The fourth-order valence-corrected chi connectivity index (χ4v) is 2.10. The van der Waals surface area contributed by atoms with Crippen molar-refractivity contribution in [3.05, 3.63) is 42.5 Å². The molecule has 0 spiro atoms. The average molecular weight is 301 g/mol. The SMILES string of the molecule is C=CCOc1ccccc1C(=O)NCCCC1C=NNC1=O. The molecular weight excluding hydrogens is 282 g/mol. The van der Waals surface area contributed by atoms with Crippen molar-refractivity contribution in [3.8, 4) is 5.75 Å². The maximum atomic E-state index is 12.2. The van der Waals surface area contributed by atoms with Crippen molar-refractivity contribution in [2.24, 2.45) is 11.0 Å². The highest BCUT2D eigenvalue weighted by Crippen LogP contribution is 2.17. The molecule has 1 heterocycles. The van der Waals surface area contributed by atoms with Crippen LogP contribution in [-0.4, -0.2) is 31.2 Å². The van der Waals surface area contributed by atoms with Crippen molar-refractivity contribution >= 4 is 18.0 Å². The second-order valence-corrected chi connectivity index (χ2v) is 4.85. The Kier molecular flexibility index (Phi) is 5.71. The predicted molar refractivity (Wildman–Crippen MR) is 83.8 cm³/mol. The van der Waals surface area contributed by atoms with Crippen LogP contribution in [0.4, 0.5) is 0 Å². The zero-order valence-corrected chi connectivity index (χ0v) is 12.2. The number of carbonyl (C=O) groups is 2. The molecule has 0 bridgehead atoms. The molecular formula is C16H19N3O3. The van der Waals surface area contributed by atoms with Crippen LogP contribution in [0, 0.1) is 5.92 Å². The Labute approximate surface area is 129 Å². The van der Waals surface area contributed by atoms with Gasteiger partial charge in [-0.25, -0.2) is 5.43 Å². The van der Waals surface area contributed by atoms with Crippen LogP contribution in [0.25, 0.3) is 0 Å². The third-order valence-corrected chi connectivity index (χ3v) is 3.23. The van der Waals surface area contributed by atoms with Gasteiger partial charge >= 0.3 is 0 Å². The van der Waals surface area contributed by atoms with E-state index in [1.54, 1.807) is 30.5 Å². The average Bonchev–Trinajstić information content (AvgIpc) is 2.95. The minimum absolute atomic E-state index is 0.0884. The molecule has 6 nitrogen and oxygen atoms in total. The van der Waals surface area contributed by atoms with E-state index >= 15 is 0 Å². The maximum Gasteiger partial charge on any atom is 0.255 e. The summed E-state index contributed by atoms with van der Waals surface area (Å²) in [6, 6.07) is 7.06. The van der Waals surface area contributed by atoms with Crippen LogP contribution >= 0.6 is 0 Å². The van der Waals surface area contributed by atoms with E-state index < -0.39 is 0 Å². The number of ether oxygens (including phenoxy) is 1. The zero-order chi connectivity index (χ0) is 15.8. The molecule has 22 heavy (non-hydrogen) atoms. The molecule has 2 rings (SSSR count). The normalized spacial score (nSPS) is 16.2. The Balaban J connectivity index is 1.80. The van der Waals surface area contributed by atoms with Crippen LogP contribution in [0.15, 0.2) is 42.0 Å². The smallest absolute Gasteiger partial charge is 0.255 e. The third kappa shape index (κ3) is 4.18. The van der Waals surface area contributed by atoms with Crippen LogP contribution in [0.2, 0.25) is 0 Å². The molecule has 1 unspecified atom stereocenters. The van der Waals surface area contributed by atoms with Gasteiger partial charge in [0, 0.05) is 12.8 Å². The van der Waals surface area contributed by atoms with E-state index in [1.807, 2.05) is 6.07 Å². The van der Waals surface area contributed by atoms with Gasteiger partial charge in [0.15, 0.2) is 0 Å². The Bertz CT molecular complexity index is 584. The van der Waals surface area contributed by atoms with Crippen LogP contribution in [0.3, 0.4) is 0 Å². The first-order valence-corrected chi connectivity index (χ1v) is 7.16. The number of hydrazone groups is 1. The number of para-hydroxylation sites is 1. The van der Waals surface area contributed by atoms with Crippen molar-refractivity contribution in [1.82, 2.24) is 10.7 Å². The Morgan fingerprint density at radius 3 is 3.00 bits per heavy atom. The number of benzene rings is 1. The highest BCUT2D eigenvalue weighted by atomic mass is 16.5. The van der Waals surface area contributed by atoms with Gasteiger partial charge in [-0.05, 0) is 25.0 Å². The molecule has 1 aromatic carbocycles. The molecule has 0 saturated heterocycles. The van der Waals surface area contributed by atoms with E-state index in [4.69, 9.17) is 4.74 Å². The monoisotopic (exact) mass is 301 g/mol. The summed E-state index contributed by atoms with van der Waals surface area (Å²) in [6.45, 7) is 4.43. The van der Waals surface area contributed by atoms with Gasteiger partial charge in [-0.15, -0.1) is 0 Å². The lowest BCUT2D eigenvalue weighted by Gasteiger charge is -2.11. The first kappa shape index (κ1) is 15.8. The molecule has 2 N–H and O–H groups in total. The summed E-state index contributed by atoms with van der Waals surface area (Å²) in [7, 11) is 0. The van der Waals surface area contributed by atoms with Gasteiger partial charge in [0.1, 0.15) is 12.4 Å². The quantitative estimate of drug-likeness (QED) is 0.564. The van der Waals surface area contributed by atoms with Gasteiger partial charge < -0.3 is 10.1 Å². The number of carbonyl (C=O) groups excluding carboxylic acids is 2. The molecule has 116 valence electrons. The van der Waals surface area contributed by atoms with E-state index in [9.17, 15) is 9.59 Å². The second-order valence-electron chi connectivity index (χ2n) is 4.85. The standard InChI is InChI=1S/C16H19N3O3/c1-2-10-22-14-8-4-3-7-13(14)16(21)17-9-5-6-12-11-18-19-15(12)20/h2-4,7-8,11-12H,1,5-6,9-10H2,(H,17,21)(H,19,20). The number of amides is 2. The van der Waals surface area contributed by atoms with Crippen molar-refractivity contribution < 1.29 is 14.3 Å². The molecule has 1 aliphatic heterocycles. The Morgan fingerprint density at radius 2 is 2.27 bits per heavy atom. The molecule has 2 amide bonds. The lowest BCUT2D eigenvalue weighted by Crippen LogP contribution is -2.26. The van der Waals surface area contributed by atoms with Crippen molar-refractivity contribution in [2.75, 3.05) is 13.2 Å². The molecule has 0 fully saturated rings. The van der Waals surface area contributed by atoms with Crippen molar-refractivity contribution in [3.63, 3.8) is 0 Å². The fraction of sp³-hybridized carbons (Fsp3) is 0.312. The Hall–Kier alpha value is -2.63. The van der Waals surface area contributed by atoms with Gasteiger partial charge in [0.2, 0.25) is 5.91 Å². The number of rotatable bonds is 8. The first-order chi connectivity index (χ1) is 10.7. The Morgan fingerprint density at radius 1 is 1.45 bits per heavy atom. The van der Waals surface area contributed by atoms with Crippen molar-refractivity contribution in [1.29, 1.82) is 0 Å². The van der Waals surface area contributed by atoms with Crippen molar-refractivity contribution in [2.45, 2.75) is 12.8 Å². The number of hydrogen-bond acceptors (Lipinski definition) is 4. The van der Waals surface area contributed by atoms with Crippen LogP contribution < -0.4 is 15.5 Å². The number of nitrogens with zero attached hydrogens (tertiary/aromatic N) is 1. The van der Waals surface area contributed by atoms with E-state index in [1.165, 1.54) is 0 Å². The summed E-state index contributed by atoms with van der Waals surface area (Å²) < 4.78 is 5.46. The molecule has 1 atom stereocenters. The van der Waals surface area contributed by atoms with E-state index in [-0.39, 0.29) is 17.7 Å². The van der Waals surface area contributed by atoms with Crippen LogP contribution in [0.1, 0.15) is 23.2 Å².